The molecule has 0 fully saturated rings. The highest BCUT2D eigenvalue weighted by molar-refractivity contribution is 7.99. The minimum atomic E-state index is 0.0130. The van der Waals surface area contributed by atoms with Crippen LogP contribution in [0.15, 0.2) is 47.6 Å². The fourth-order valence-electron chi connectivity index (χ4n) is 2.70. The van der Waals surface area contributed by atoms with E-state index < -0.39 is 0 Å². The van der Waals surface area contributed by atoms with Crippen LogP contribution in [0.5, 0.6) is 5.75 Å². The van der Waals surface area contributed by atoms with Crippen molar-refractivity contribution >= 4 is 28.7 Å². The first-order chi connectivity index (χ1) is 12.7. The van der Waals surface area contributed by atoms with Gasteiger partial charge in [0.05, 0.1) is 23.4 Å². The Morgan fingerprint density at radius 3 is 2.92 bits per heavy atom. The Bertz CT molecular complexity index is 892. The number of nitrogens with zero attached hydrogens (tertiary/aromatic N) is 1. The van der Waals surface area contributed by atoms with Crippen LogP contribution in [0.2, 0.25) is 0 Å². The second kappa shape index (κ2) is 8.76. The maximum absolute atomic E-state index is 12.1. The van der Waals surface area contributed by atoms with E-state index in [1.165, 1.54) is 22.9 Å². The van der Waals surface area contributed by atoms with Gasteiger partial charge in [0.2, 0.25) is 5.91 Å². The summed E-state index contributed by atoms with van der Waals surface area (Å²) >= 11 is 1.40. The first-order valence-electron chi connectivity index (χ1n) is 8.72. The van der Waals surface area contributed by atoms with Crippen molar-refractivity contribution in [3.8, 4) is 5.75 Å². The highest BCUT2D eigenvalue weighted by Gasteiger charge is 2.08. The van der Waals surface area contributed by atoms with E-state index in [2.05, 4.69) is 34.3 Å². The van der Waals surface area contributed by atoms with Crippen molar-refractivity contribution < 1.29 is 9.53 Å². The molecular weight excluding hydrogens is 346 g/mol. The van der Waals surface area contributed by atoms with Crippen LogP contribution in [-0.4, -0.2) is 34.8 Å². The molecule has 1 amide bonds. The number of benzene rings is 2. The summed E-state index contributed by atoms with van der Waals surface area (Å²) < 4.78 is 5.49. The molecule has 0 aliphatic carbocycles. The van der Waals surface area contributed by atoms with Crippen LogP contribution in [0.3, 0.4) is 0 Å². The third-order valence-corrected chi connectivity index (χ3v) is 4.93. The van der Waals surface area contributed by atoms with E-state index in [4.69, 9.17) is 4.74 Å². The molecule has 5 nitrogen and oxygen atoms in total. The van der Waals surface area contributed by atoms with Gasteiger partial charge in [-0.15, -0.1) is 0 Å². The molecule has 0 bridgehead atoms. The van der Waals surface area contributed by atoms with Crippen LogP contribution >= 0.6 is 11.8 Å². The van der Waals surface area contributed by atoms with E-state index in [1.807, 2.05) is 37.3 Å². The lowest BCUT2D eigenvalue weighted by atomic mass is 10.1. The summed E-state index contributed by atoms with van der Waals surface area (Å²) in [5, 5.41) is 3.71. The van der Waals surface area contributed by atoms with Gasteiger partial charge in [-0.05, 0) is 43.5 Å². The molecule has 0 spiro atoms. The second-order valence-corrected chi connectivity index (χ2v) is 6.93. The van der Waals surface area contributed by atoms with Gasteiger partial charge >= 0.3 is 0 Å². The van der Waals surface area contributed by atoms with Crippen molar-refractivity contribution in [2.24, 2.45) is 0 Å². The highest BCUT2D eigenvalue weighted by Crippen LogP contribution is 2.23. The predicted octanol–water partition coefficient (Wildman–Crippen LogP) is 3.72. The first-order valence-corrected chi connectivity index (χ1v) is 9.71. The average molecular weight is 369 g/mol. The lowest BCUT2D eigenvalue weighted by Gasteiger charge is -2.07. The maximum atomic E-state index is 12.1. The number of hydrogen-bond donors (Lipinski definition) is 2. The molecule has 0 aliphatic rings. The first kappa shape index (κ1) is 18.3. The summed E-state index contributed by atoms with van der Waals surface area (Å²) in [5.74, 6) is 1.17. The minimum Gasteiger partial charge on any atom is -0.494 e. The third kappa shape index (κ3) is 4.79. The van der Waals surface area contributed by atoms with E-state index in [1.54, 1.807) is 0 Å². The smallest absolute Gasteiger partial charge is 0.230 e. The molecule has 2 aromatic carbocycles. The molecule has 2 N–H and O–H groups in total. The number of amides is 1. The van der Waals surface area contributed by atoms with E-state index in [9.17, 15) is 4.79 Å². The predicted molar refractivity (Wildman–Crippen MR) is 106 cm³/mol. The van der Waals surface area contributed by atoms with Gasteiger partial charge in [0.25, 0.3) is 0 Å². The molecule has 6 heteroatoms. The molecule has 136 valence electrons. The van der Waals surface area contributed by atoms with Crippen molar-refractivity contribution in [1.29, 1.82) is 0 Å². The zero-order valence-corrected chi connectivity index (χ0v) is 15.9. The summed E-state index contributed by atoms with van der Waals surface area (Å²) in [5.41, 5.74) is 4.31. The molecule has 0 saturated carbocycles. The number of hydrogen-bond acceptors (Lipinski definition) is 4. The molecule has 0 aliphatic heterocycles. The van der Waals surface area contributed by atoms with Gasteiger partial charge in [-0.2, -0.15) is 0 Å². The monoisotopic (exact) mass is 369 g/mol. The Hall–Kier alpha value is -2.47. The normalized spacial score (nSPS) is 10.8. The fraction of sp³-hybridized carbons (Fsp3) is 0.300. The molecule has 1 aromatic heterocycles. The number of rotatable bonds is 8. The number of carbonyl (C=O) groups is 1. The van der Waals surface area contributed by atoms with Gasteiger partial charge < -0.3 is 15.0 Å². The maximum Gasteiger partial charge on any atom is 0.230 e. The molecule has 0 unspecified atom stereocenters. The lowest BCUT2D eigenvalue weighted by molar-refractivity contribution is -0.118. The number of aryl methyl sites for hydroxylation is 1. The number of aromatic amines is 1. The fourth-order valence-corrected chi connectivity index (χ4v) is 3.42. The van der Waals surface area contributed by atoms with Gasteiger partial charge in [0, 0.05) is 12.6 Å². The van der Waals surface area contributed by atoms with E-state index >= 15 is 0 Å². The molecule has 26 heavy (non-hydrogen) atoms. The van der Waals surface area contributed by atoms with E-state index in [0.717, 1.165) is 28.4 Å². The minimum absolute atomic E-state index is 0.0130. The number of carbonyl (C=O) groups excluding carboxylic acids is 1. The van der Waals surface area contributed by atoms with Gasteiger partial charge in [0.15, 0.2) is 5.16 Å². The molecular formula is C20H23N3O2S. The number of thioether (sulfide) groups is 1. The zero-order valence-electron chi connectivity index (χ0n) is 15.0. The van der Waals surface area contributed by atoms with Gasteiger partial charge in [-0.1, -0.05) is 36.0 Å². The van der Waals surface area contributed by atoms with Crippen molar-refractivity contribution in [3.63, 3.8) is 0 Å². The van der Waals surface area contributed by atoms with Gasteiger partial charge in [-0.25, -0.2) is 4.98 Å². The van der Waals surface area contributed by atoms with Crippen molar-refractivity contribution in [1.82, 2.24) is 15.3 Å². The molecule has 0 saturated heterocycles. The molecule has 3 rings (SSSR count). The van der Waals surface area contributed by atoms with E-state index in [-0.39, 0.29) is 5.91 Å². The Kier molecular flexibility index (Phi) is 6.17. The van der Waals surface area contributed by atoms with Crippen LogP contribution in [0.25, 0.3) is 11.0 Å². The Morgan fingerprint density at radius 2 is 2.12 bits per heavy atom. The average Bonchev–Trinajstić information content (AvgIpc) is 3.04. The number of H-pyrrole nitrogens is 1. The van der Waals surface area contributed by atoms with Gasteiger partial charge in [-0.3, -0.25) is 4.79 Å². The molecule has 0 radical (unpaired) electrons. The SMILES string of the molecule is CCOc1ccc2nc(SCC(=O)NCCc3ccccc3C)[nH]c2c1. The standard InChI is InChI=1S/C20H23N3O2S/c1-3-25-16-8-9-17-18(12-16)23-20(22-17)26-13-19(24)21-11-10-15-7-5-4-6-14(15)2/h4-9,12H,3,10-11,13H2,1-2H3,(H,21,24)(H,22,23). The summed E-state index contributed by atoms with van der Waals surface area (Å²) in [6.07, 6.45) is 0.841. The Labute approximate surface area is 157 Å². The van der Waals surface area contributed by atoms with Crippen molar-refractivity contribution in [2.45, 2.75) is 25.4 Å². The number of nitrogens with one attached hydrogen (secondary N) is 2. The number of imidazole rings is 1. The van der Waals surface area contributed by atoms with Crippen molar-refractivity contribution in [2.75, 3.05) is 18.9 Å². The lowest BCUT2D eigenvalue weighted by Crippen LogP contribution is -2.27. The number of aromatic nitrogens is 2. The third-order valence-electron chi connectivity index (χ3n) is 4.06. The van der Waals surface area contributed by atoms with Crippen LogP contribution in [0.1, 0.15) is 18.1 Å². The highest BCUT2D eigenvalue weighted by atomic mass is 32.2. The largest absolute Gasteiger partial charge is 0.494 e. The van der Waals surface area contributed by atoms with Crippen LogP contribution < -0.4 is 10.1 Å². The molecule has 0 atom stereocenters. The second-order valence-electron chi connectivity index (χ2n) is 5.97. The van der Waals surface area contributed by atoms with Gasteiger partial charge in [0.1, 0.15) is 5.75 Å². The Morgan fingerprint density at radius 1 is 1.27 bits per heavy atom. The molecule has 3 aromatic rings. The summed E-state index contributed by atoms with van der Waals surface area (Å²) in [6, 6.07) is 14.0. The van der Waals surface area contributed by atoms with Crippen LogP contribution in [0.4, 0.5) is 0 Å². The van der Waals surface area contributed by atoms with Crippen LogP contribution in [0, 0.1) is 6.92 Å². The summed E-state index contributed by atoms with van der Waals surface area (Å²) in [6.45, 7) is 5.31. The summed E-state index contributed by atoms with van der Waals surface area (Å²) in [4.78, 5) is 19.8. The quantitative estimate of drug-likeness (QED) is 0.594. The number of ether oxygens (including phenoxy) is 1. The summed E-state index contributed by atoms with van der Waals surface area (Å²) in [7, 11) is 0. The molecule has 1 heterocycles. The Balaban J connectivity index is 1.48. The topological polar surface area (TPSA) is 67.0 Å². The zero-order chi connectivity index (χ0) is 18.4. The van der Waals surface area contributed by atoms with E-state index in [0.29, 0.717) is 18.9 Å². The van der Waals surface area contributed by atoms with Crippen molar-refractivity contribution in [3.05, 3.63) is 53.6 Å². The van der Waals surface area contributed by atoms with Crippen LogP contribution in [-0.2, 0) is 11.2 Å². The number of fused-ring (bicyclic) bond motifs is 1.